The van der Waals surface area contributed by atoms with Gasteiger partial charge in [0.2, 0.25) is 0 Å². The van der Waals surface area contributed by atoms with Gasteiger partial charge in [-0.1, -0.05) is 97.1 Å². The molecule has 9 rings (SSSR count). The van der Waals surface area contributed by atoms with Gasteiger partial charge in [-0.05, 0) is 76.5 Å². The second kappa shape index (κ2) is 11.2. The Morgan fingerprint density at radius 3 is 1.94 bits per heavy atom. The molecule has 0 spiro atoms. The van der Waals surface area contributed by atoms with E-state index in [1.807, 2.05) is 67.0 Å². The van der Waals surface area contributed by atoms with Gasteiger partial charge in [-0.15, -0.1) is 0 Å². The van der Waals surface area contributed by atoms with E-state index >= 15 is 0 Å². The molecule has 0 saturated heterocycles. The van der Waals surface area contributed by atoms with E-state index in [-0.39, 0.29) is 0 Å². The lowest BCUT2D eigenvalue weighted by Crippen LogP contribution is -2.00. The van der Waals surface area contributed by atoms with Crippen molar-refractivity contribution in [3.63, 3.8) is 0 Å². The van der Waals surface area contributed by atoms with E-state index in [4.69, 9.17) is 15.0 Å². The zero-order valence-corrected chi connectivity index (χ0v) is 25.3. The van der Waals surface area contributed by atoms with Crippen LogP contribution in [-0.4, -0.2) is 24.5 Å². The van der Waals surface area contributed by atoms with Crippen LogP contribution in [0.3, 0.4) is 0 Å². The Bertz CT molecular complexity index is 2530. The van der Waals surface area contributed by atoms with Crippen molar-refractivity contribution in [1.29, 1.82) is 0 Å². The van der Waals surface area contributed by atoms with Gasteiger partial charge < -0.3 is 0 Å². The van der Waals surface area contributed by atoms with E-state index in [1.54, 1.807) is 0 Å². The van der Waals surface area contributed by atoms with Crippen LogP contribution in [0.4, 0.5) is 0 Å². The molecule has 0 unspecified atom stereocenters. The highest BCUT2D eigenvalue weighted by atomic mass is 15.1. The van der Waals surface area contributed by atoms with Crippen LogP contribution >= 0.6 is 0 Å². The minimum Gasteiger partial charge on any atom is -0.292 e. The lowest BCUT2D eigenvalue weighted by molar-refractivity contribution is 1.07. The van der Waals surface area contributed by atoms with E-state index in [1.165, 1.54) is 16.2 Å². The molecule has 9 aromatic rings. The smallest absolute Gasteiger partial charge is 0.138 e. The van der Waals surface area contributed by atoms with E-state index < -0.39 is 0 Å². The SMILES string of the molecule is c1ccc(-c2cccc(-c3cc(-c4ccc5ccccc5c4)cc(-c4cccc(-n5c6ccccc6c6ccncc65)n4)n3)n2)cc1. The standard InChI is InChI=1S/C42H27N5/c1-2-11-29(12-3-1)35-15-8-16-36(44-35)38-25-32(31-21-20-28-10-4-5-13-30(28)24-31)26-39(45-38)37-17-9-19-42(46-37)47-40-18-7-6-14-33(40)34-22-23-43-27-41(34)47/h1-27H. The Hall–Kier alpha value is -6.46. The number of rotatable bonds is 5. The predicted octanol–water partition coefficient (Wildman–Crippen LogP) is 10.2. The van der Waals surface area contributed by atoms with Crippen LogP contribution < -0.4 is 0 Å². The monoisotopic (exact) mass is 601 g/mol. The minimum absolute atomic E-state index is 0.776. The van der Waals surface area contributed by atoms with Crippen molar-refractivity contribution in [3.8, 4) is 51.0 Å². The number of hydrogen-bond acceptors (Lipinski definition) is 4. The summed E-state index contributed by atoms with van der Waals surface area (Å²) >= 11 is 0. The molecule has 47 heavy (non-hydrogen) atoms. The Kier molecular flexibility index (Phi) is 6.39. The fourth-order valence-electron chi connectivity index (χ4n) is 6.43. The maximum absolute atomic E-state index is 5.22. The first-order valence-corrected chi connectivity index (χ1v) is 15.6. The van der Waals surface area contributed by atoms with Crippen molar-refractivity contribution in [3.05, 3.63) is 164 Å². The van der Waals surface area contributed by atoms with Gasteiger partial charge in [-0.3, -0.25) is 9.55 Å². The summed E-state index contributed by atoms with van der Waals surface area (Å²) in [5.74, 6) is 0.811. The summed E-state index contributed by atoms with van der Waals surface area (Å²) in [4.78, 5) is 19.9. The molecular weight excluding hydrogens is 574 g/mol. The number of pyridine rings is 4. The molecule has 5 nitrogen and oxygen atoms in total. The molecule has 5 heteroatoms. The molecule has 4 aromatic carbocycles. The van der Waals surface area contributed by atoms with Crippen LogP contribution in [0.15, 0.2) is 164 Å². The van der Waals surface area contributed by atoms with E-state index in [9.17, 15) is 0 Å². The first kappa shape index (κ1) is 26.9. The Balaban J connectivity index is 1.23. The normalized spacial score (nSPS) is 11.4. The van der Waals surface area contributed by atoms with Crippen molar-refractivity contribution in [1.82, 2.24) is 24.5 Å². The summed E-state index contributed by atoms with van der Waals surface area (Å²) in [6.45, 7) is 0. The fraction of sp³-hybridized carbons (Fsp3) is 0. The number of hydrogen-bond donors (Lipinski definition) is 0. The molecular formula is C42H27N5. The van der Waals surface area contributed by atoms with Crippen LogP contribution in [0, 0.1) is 0 Å². The highest BCUT2D eigenvalue weighted by molar-refractivity contribution is 6.08. The predicted molar refractivity (Wildman–Crippen MR) is 191 cm³/mol. The average molecular weight is 602 g/mol. The molecule has 0 radical (unpaired) electrons. The van der Waals surface area contributed by atoms with Gasteiger partial charge in [0.15, 0.2) is 0 Å². The first-order chi connectivity index (χ1) is 23.3. The maximum Gasteiger partial charge on any atom is 0.138 e. The third-order valence-electron chi connectivity index (χ3n) is 8.69. The zero-order valence-electron chi connectivity index (χ0n) is 25.3. The lowest BCUT2D eigenvalue weighted by Gasteiger charge is -2.12. The number of benzene rings is 4. The maximum atomic E-state index is 5.22. The van der Waals surface area contributed by atoms with E-state index in [0.717, 1.165) is 67.4 Å². The first-order valence-electron chi connectivity index (χ1n) is 15.6. The summed E-state index contributed by atoms with van der Waals surface area (Å²) in [6.07, 6.45) is 3.75. The molecule has 0 N–H and O–H groups in total. The van der Waals surface area contributed by atoms with Gasteiger partial charge in [0.25, 0.3) is 0 Å². The molecule has 0 aliphatic rings. The van der Waals surface area contributed by atoms with E-state index in [0.29, 0.717) is 0 Å². The third kappa shape index (κ3) is 4.82. The molecule has 0 aliphatic carbocycles. The van der Waals surface area contributed by atoms with Crippen LogP contribution in [0.25, 0.3) is 83.6 Å². The second-order valence-electron chi connectivity index (χ2n) is 11.6. The van der Waals surface area contributed by atoms with Gasteiger partial charge in [0, 0.05) is 22.5 Å². The van der Waals surface area contributed by atoms with Crippen molar-refractivity contribution in [2.24, 2.45) is 0 Å². The van der Waals surface area contributed by atoms with Crippen LogP contribution in [0.5, 0.6) is 0 Å². The molecule has 0 fully saturated rings. The summed E-state index contributed by atoms with van der Waals surface area (Å²) in [7, 11) is 0. The molecule has 0 amide bonds. The highest BCUT2D eigenvalue weighted by Gasteiger charge is 2.16. The Labute approximate surface area is 271 Å². The molecule has 0 saturated carbocycles. The molecule has 0 atom stereocenters. The Morgan fingerprint density at radius 1 is 0.383 bits per heavy atom. The van der Waals surface area contributed by atoms with Crippen LogP contribution in [-0.2, 0) is 0 Å². The number of aromatic nitrogens is 5. The van der Waals surface area contributed by atoms with E-state index in [2.05, 4.69) is 107 Å². The largest absolute Gasteiger partial charge is 0.292 e. The second-order valence-corrected chi connectivity index (χ2v) is 11.6. The summed E-state index contributed by atoms with van der Waals surface area (Å²) < 4.78 is 2.18. The van der Waals surface area contributed by atoms with Crippen molar-refractivity contribution in [2.45, 2.75) is 0 Å². The molecule has 5 heterocycles. The molecule has 0 bridgehead atoms. The fourth-order valence-corrected chi connectivity index (χ4v) is 6.43. The number of para-hydroxylation sites is 1. The Morgan fingerprint density at radius 2 is 1.06 bits per heavy atom. The number of fused-ring (bicyclic) bond motifs is 4. The topological polar surface area (TPSA) is 56.5 Å². The zero-order chi connectivity index (χ0) is 31.2. The summed E-state index contributed by atoms with van der Waals surface area (Å²) in [5.41, 5.74) is 9.38. The molecule has 5 aromatic heterocycles. The number of nitrogens with zero attached hydrogens (tertiary/aromatic N) is 5. The highest BCUT2D eigenvalue weighted by Crippen LogP contribution is 2.34. The van der Waals surface area contributed by atoms with Crippen molar-refractivity contribution >= 4 is 32.6 Å². The van der Waals surface area contributed by atoms with Gasteiger partial charge in [-0.25, -0.2) is 15.0 Å². The molecule has 0 aliphatic heterocycles. The van der Waals surface area contributed by atoms with Gasteiger partial charge in [0.05, 0.1) is 45.7 Å². The van der Waals surface area contributed by atoms with Crippen molar-refractivity contribution in [2.75, 3.05) is 0 Å². The lowest BCUT2D eigenvalue weighted by atomic mass is 9.99. The van der Waals surface area contributed by atoms with Gasteiger partial charge >= 0.3 is 0 Å². The van der Waals surface area contributed by atoms with Crippen molar-refractivity contribution < 1.29 is 0 Å². The van der Waals surface area contributed by atoms with Gasteiger partial charge in [0.1, 0.15) is 5.82 Å². The average Bonchev–Trinajstić information content (AvgIpc) is 3.49. The van der Waals surface area contributed by atoms with Crippen LogP contribution in [0.2, 0.25) is 0 Å². The minimum atomic E-state index is 0.776. The molecule has 220 valence electrons. The van der Waals surface area contributed by atoms with Crippen LogP contribution in [0.1, 0.15) is 0 Å². The third-order valence-corrected chi connectivity index (χ3v) is 8.69. The summed E-state index contributed by atoms with van der Waals surface area (Å²) in [6, 6.07) is 52.2. The quantitative estimate of drug-likeness (QED) is 0.197. The van der Waals surface area contributed by atoms with Gasteiger partial charge in [-0.2, -0.15) is 0 Å². The summed E-state index contributed by atoms with van der Waals surface area (Å²) in [5, 5.41) is 4.71.